The number of imidazole rings is 1. The van der Waals surface area contributed by atoms with Crippen molar-refractivity contribution < 1.29 is 9.53 Å². The van der Waals surface area contributed by atoms with Gasteiger partial charge in [0, 0.05) is 39.1 Å². The largest absolute Gasteiger partial charge is 0.378 e. The summed E-state index contributed by atoms with van der Waals surface area (Å²) in [6.45, 7) is 2.95. The molecule has 0 atom stereocenters. The van der Waals surface area contributed by atoms with Crippen molar-refractivity contribution in [2.75, 3.05) is 48.9 Å². The number of halogens is 1. The Morgan fingerprint density at radius 3 is 2.69 bits per heavy atom. The third-order valence-corrected chi connectivity index (χ3v) is 6.15. The van der Waals surface area contributed by atoms with Crippen LogP contribution in [0.1, 0.15) is 10.5 Å². The number of anilines is 4. The number of aryl methyl sites for hydroxylation is 1. The van der Waals surface area contributed by atoms with Crippen molar-refractivity contribution in [3.63, 3.8) is 0 Å². The van der Waals surface area contributed by atoms with Crippen molar-refractivity contribution in [3.05, 3.63) is 47.6 Å². The maximum atomic E-state index is 12.4. The number of primary amides is 1. The van der Waals surface area contributed by atoms with Gasteiger partial charge in [-0.25, -0.2) is 15.0 Å². The van der Waals surface area contributed by atoms with Crippen LogP contribution in [0.15, 0.2) is 36.9 Å². The SMILES string of the molecule is CNc1nc(Nc2ccc(N3CCOCC3)cc2Cl)c(C(N)=O)nc1-c1cncc2c1ncn2C. The third kappa shape index (κ3) is 4.31. The number of hydrogen-bond acceptors (Lipinski definition) is 9. The normalized spacial score (nSPS) is 13.7. The fraction of sp³-hybridized carbons (Fsp3) is 0.261. The van der Waals surface area contributed by atoms with E-state index < -0.39 is 5.91 Å². The molecule has 4 heterocycles. The molecule has 0 unspecified atom stereocenters. The van der Waals surface area contributed by atoms with Crippen LogP contribution in [-0.2, 0) is 11.8 Å². The highest BCUT2D eigenvalue weighted by molar-refractivity contribution is 6.33. The average molecular weight is 494 g/mol. The van der Waals surface area contributed by atoms with Crippen LogP contribution in [-0.4, -0.2) is 63.8 Å². The summed E-state index contributed by atoms with van der Waals surface area (Å²) in [6, 6.07) is 5.66. The van der Waals surface area contributed by atoms with Crippen LogP contribution >= 0.6 is 11.6 Å². The van der Waals surface area contributed by atoms with Crippen molar-refractivity contribution in [2.45, 2.75) is 0 Å². The van der Waals surface area contributed by atoms with Crippen molar-refractivity contribution >= 4 is 51.6 Å². The summed E-state index contributed by atoms with van der Waals surface area (Å²) in [6.07, 6.45) is 5.04. The maximum absolute atomic E-state index is 12.4. The number of pyridine rings is 1. The lowest BCUT2D eigenvalue weighted by molar-refractivity contribution is 0.0996. The number of hydrogen-bond donors (Lipinski definition) is 3. The van der Waals surface area contributed by atoms with Crippen LogP contribution in [0.2, 0.25) is 5.02 Å². The van der Waals surface area contributed by atoms with E-state index in [9.17, 15) is 4.79 Å². The van der Waals surface area contributed by atoms with Crippen molar-refractivity contribution in [3.8, 4) is 11.3 Å². The molecule has 3 aromatic heterocycles. The second-order valence-electron chi connectivity index (χ2n) is 8.03. The first-order valence-electron chi connectivity index (χ1n) is 11.0. The maximum Gasteiger partial charge on any atom is 0.271 e. The molecule has 1 aliphatic rings. The van der Waals surface area contributed by atoms with E-state index in [4.69, 9.17) is 22.1 Å². The molecule has 5 rings (SSSR count). The Morgan fingerprint density at radius 1 is 1.17 bits per heavy atom. The molecule has 1 aromatic carbocycles. The molecule has 1 aliphatic heterocycles. The Morgan fingerprint density at radius 2 is 1.97 bits per heavy atom. The van der Waals surface area contributed by atoms with Crippen molar-refractivity contribution in [1.82, 2.24) is 24.5 Å². The van der Waals surface area contributed by atoms with E-state index in [0.717, 1.165) is 24.3 Å². The topological polar surface area (TPSA) is 136 Å². The summed E-state index contributed by atoms with van der Waals surface area (Å²) in [7, 11) is 3.60. The number of amides is 1. The van der Waals surface area contributed by atoms with Gasteiger partial charge in [-0.15, -0.1) is 0 Å². The summed E-state index contributed by atoms with van der Waals surface area (Å²) in [5.74, 6) is -0.114. The molecular weight excluding hydrogens is 470 g/mol. The van der Waals surface area contributed by atoms with Gasteiger partial charge in [0.25, 0.3) is 5.91 Å². The summed E-state index contributed by atoms with van der Waals surface area (Å²) >= 11 is 6.58. The van der Waals surface area contributed by atoms with Crippen LogP contribution < -0.4 is 21.3 Å². The molecule has 1 amide bonds. The zero-order chi connectivity index (χ0) is 24.5. The first-order valence-corrected chi connectivity index (χ1v) is 11.4. The first-order chi connectivity index (χ1) is 17.0. The van der Waals surface area contributed by atoms with E-state index in [1.165, 1.54) is 0 Å². The summed E-state index contributed by atoms with van der Waals surface area (Å²) < 4.78 is 7.27. The van der Waals surface area contributed by atoms with Gasteiger partial charge in [-0.1, -0.05) is 11.6 Å². The van der Waals surface area contributed by atoms with Gasteiger partial charge in [-0.2, -0.15) is 0 Å². The number of nitrogens with one attached hydrogen (secondary N) is 2. The van der Waals surface area contributed by atoms with Crippen LogP contribution in [0.3, 0.4) is 0 Å². The van der Waals surface area contributed by atoms with Gasteiger partial charge in [0.1, 0.15) is 11.2 Å². The second-order valence-corrected chi connectivity index (χ2v) is 8.44. The molecule has 180 valence electrons. The van der Waals surface area contributed by atoms with Crippen LogP contribution in [0.5, 0.6) is 0 Å². The zero-order valence-corrected chi connectivity index (χ0v) is 20.0. The third-order valence-electron chi connectivity index (χ3n) is 5.84. The van der Waals surface area contributed by atoms with Crippen LogP contribution in [0.4, 0.5) is 23.0 Å². The Kier molecular flexibility index (Phi) is 6.10. The fourth-order valence-corrected chi connectivity index (χ4v) is 4.25. The molecule has 0 aliphatic carbocycles. The monoisotopic (exact) mass is 493 g/mol. The lowest BCUT2D eigenvalue weighted by Gasteiger charge is -2.29. The van der Waals surface area contributed by atoms with E-state index in [1.54, 1.807) is 25.8 Å². The number of aromatic nitrogens is 5. The lowest BCUT2D eigenvalue weighted by Crippen LogP contribution is -2.36. The number of benzene rings is 1. The molecule has 1 fully saturated rings. The molecule has 12 heteroatoms. The summed E-state index contributed by atoms with van der Waals surface area (Å²) in [5.41, 5.74) is 9.78. The Labute approximate surface area is 206 Å². The molecule has 1 saturated heterocycles. The van der Waals surface area contributed by atoms with E-state index in [1.807, 2.05) is 29.8 Å². The molecule has 0 radical (unpaired) electrons. The summed E-state index contributed by atoms with van der Waals surface area (Å²) in [4.78, 5) is 32.5. The Balaban J connectivity index is 1.54. The first kappa shape index (κ1) is 22.8. The van der Waals surface area contributed by atoms with Gasteiger partial charge >= 0.3 is 0 Å². The molecule has 11 nitrogen and oxygen atoms in total. The number of fused-ring (bicyclic) bond motifs is 1. The van der Waals surface area contributed by atoms with Gasteiger partial charge in [0.15, 0.2) is 17.3 Å². The predicted molar refractivity (Wildman–Crippen MR) is 135 cm³/mol. The zero-order valence-electron chi connectivity index (χ0n) is 19.2. The number of nitrogens with zero attached hydrogens (tertiary/aromatic N) is 6. The van der Waals surface area contributed by atoms with E-state index in [0.29, 0.717) is 46.5 Å². The quantitative estimate of drug-likeness (QED) is 0.370. The molecule has 35 heavy (non-hydrogen) atoms. The Bertz CT molecular complexity index is 1420. The minimum absolute atomic E-state index is 0.0275. The lowest BCUT2D eigenvalue weighted by atomic mass is 10.1. The van der Waals surface area contributed by atoms with Gasteiger partial charge in [-0.05, 0) is 18.2 Å². The van der Waals surface area contributed by atoms with Crippen LogP contribution in [0, 0.1) is 0 Å². The number of carbonyl (C=O) groups is 1. The van der Waals surface area contributed by atoms with E-state index in [2.05, 4.69) is 35.5 Å². The van der Waals surface area contributed by atoms with Crippen molar-refractivity contribution in [1.29, 1.82) is 0 Å². The van der Waals surface area contributed by atoms with Crippen molar-refractivity contribution in [2.24, 2.45) is 12.8 Å². The number of rotatable bonds is 6. The second kappa shape index (κ2) is 9.35. The predicted octanol–water partition coefficient (Wildman–Crippen LogP) is 2.80. The minimum atomic E-state index is -0.730. The standard InChI is InChI=1S/C23H24ClN9O2/c1-26-22-19(14-10-27-11-17-18(14)28-12-32(17)2)30-20(21(25)34)23(31-22)29-16-4-3-13(9-15(16)24)33-5-7-35-8-6-33/h3-4,9-12H,5-8H2,1-2H3,(H2,25,34)(H2,26,29,31). The number of carbonyl (C=O) groups excluding carboxylic acids is 1. The molecule has 0 saturated carbocycles. The van der Waals surface area contributed by atoms with Gasteiger partial charge in [0.05, 0.1) is 47.5 Å². The van der Waals surface area contributed by atoms with Gasteiger partial charge in [0.2, 0.25) is 0 Å². The molecular formula is C23H24ClN9O2. The van der Waals surface area contributed by atoms with Crippen LogP contribution in [0.25, 0.3) is 22.3 Å². The molecule has 4 aromatic rings. The minimum Gasteiger partial charge on any atom is -0.378 e. The summed E-state index contributed by atoms with van der Waals surface area (Å²) in [5, 5.41) is 6.64. The molecule has 0 bridgehead atoms. The van der Waals surface area contributed by atoms with Gasteiger partial charge < -0.3 is 30.6 Å². The highest BCUT2D eigenvalue weighted by Crippen LogP contribution is 2.34. The smallest absolute Gasteiger partial charge is 0.271 e. The highest BCUT2D eigenvalue weighted by Gasteiger charge is 2.22. The van der Waals surface area contributed by atoms with E-state index in [-0.39, 0.29) is 11.5 Å². The van der Waals surface area contributed by atoms with E-state index >= 15 is 0 Å². The fourth-order valence-electron chi connectivity index (χ4n) is 4.02. The van der Waals surface area contributed by atoms with Gasteiger partial charge in [-0.3, -0.25) is 9.78 Å². The number of ether oxygens (including phenoxy) is 1. The molecule has 0 spiro atoms. The number of nitrogens with two attached hydrogens (primary N) is 1. The Hall–Kier alpha value is -3.96. The number of morpholine rings is 1. The average Bonchev–Trinajstić information content (AvgIpc) is 3.26. The highest BCUT2D eigenvalue weighted by atomic mass is 35.5. The molecule has 4 N–H and O–H groups in total.